The van der Waals surface area contributed by atoms with Gasteiger partial charge in [0.1, 0.15) is 0 Å². The maximum Gasteiger partial charge on any atom is 0.308 e. The van der Waals surface area contributed by atoms with E-state index in [1.807, 2.05) is 19.9 Å². The van der Waals surface area contributed by atoms with Gasteiger partial charge in [0.25, 0.3) is 5.91 Å². The fourth-order valence-electron chi connectivity index (χ4n) is 3.18. The van der Waals surface area contributed by atoms with Crippen LogP contribution in [-0.2, 0) is 9.59 Å². The third-order valence-electron chi connectivity index (χ3n) is 4.86. The maximum atomic E-state index is 12.1. The Morgan fingerprint density at radius 2 is 1.80 bits per heavy atom. The summed E-state index contributed by atoms with van der Waals surface area (Å²) in [5.74, 6) is -2.09. The Morgan fingerprint density at radius 3 is 2.48 bits per heavy atom. The van der Waals surface area contributed by atoms with Gasteiger partial charge in [-0.15, -0.1) is 0 Å². The molecule has 0 unspecified atom stereocenters. The van der Waals surface area contributed by atoms with Gasteiger partial charge in [0.05, 0.1) is 12.5 Å². The van der Waals surface area contributed by atoms with Gasteiger partial charge in [-0.3, -0.25) is 14.4 Å². The van der Waals surface area contributed by atoms with Crippen molar-refractivity contribution in [1.29, 1.82) is 0 Å². The molecule has 6 nitrogen and oxygen atoms in total. The lowest BCUT2D eigenvalue weighted by Crippen LogP contribution is -2.46. The number of carbonyl (C=O) groups excluding carboxylic acids is 2. The number of benzene rings is 1. The number of carboxylic acid groups (broad SMARTS) is 1. The SMILES string of the molecule is Cc1ccc(C(=O)NCC(=O)N[C@H]2CCCCC[C@H]2C(=O)O)cc1C. The van der Waals surface area contributed by atoms with Crippen molar-refractivity contribution in [2.75, 3.05) is 6.54 Å². The quantitative estimate of drug-likeness (QED) is 0.712. The predicted molar refractivity (Wildman–Crippen MR) is 94.4 cm³/mol. The van der Waals surface area contributed by atoms with Crippen LogP contribution in [-0.4, -0.2) is 35.5 Å². The number of carboxylic acids is 1. The minimum Gasteiger partial charge on any atom is -0.481 e. The first-order valence-corrected chi connectivity index (χ1v) is 8.76. The third kappa shape index (κ3) is 5.31. The van der Waals surface area contributed by atoms with Gasteiger partial charge < -0.3 is 15.7 Å². The number of rotatable bonds is 5. The van der Waals surface area contributed by atoms with Crippen molar-refractivity contribution in [2.24, 2.45) is 5.92 Å². The van der Waals surface area contributed by atoms with Crippen molar-refractivity contribution >= 4 is 17.8 Å². The monoisotopic (exact) mass is 346 g/mol. The highest BCUT2D eigenvalue weighted by Crippen LogP contribution is 2.23. The lowest BCUT2D eigenvalue weighted by Gasteiger charge is -2.23. The molecule has 0 bridgehead atoms. The van der Waals surface area contributed by atoms with Crippen LogP contribution in [0.5, 0.6) is 0 Å². The number of nitrogens with one attached hydrogen (secondary N) is 2. The summed E-state index contributed by atoms with van der Waals surface area (Å²) in [4.78, 5) is 35.7. The van der Waals surface area contributed by atoms with Crippen LogP contribution in [0, 0.1) is 19.8 Å². The molecule has 1 aromatic rings. The van der Waals surface area contributed by atoms with Crippen molar-refractivity contribution in [3.8, 4) is 0 Å². The highest BCUT2D eigenvalue weighted by Gasteiger charge is 2.30. The van der Waals surface area contributed by atoms with E-state index in [0.29, 0.717) is 18.4 Å². The van der Waals surface area contributed by atoms with Gasteiger partial charge in [0.2, 0.25) is 5.91 Å². The van der Waals surface area contributed by atoms with E-state index in [9.17, 15) is 19.5 Å². The van der Waals surface area contributed by atoms with Crippen LogP contribution in [0.15, 0.2) is 18.2 Å². The molecule has 3 N–H and O–H groups in total. The topological polar surface area (TPSA) is 95.5 Å². The molecule has 1 saturated carbocycles. The Balaban J connectivity index is 1.89. The fraction of sp³-hybridized carbons (Fsp3) is 0.526. The summed E-state index contributed by atoms with van der Waals surface area (Å²) in [6, 6.07) is 5.01. The lowest BCUT2D eigenvalue weighted by atomic mass is 9.95. The Bertz CT molecular complexity index is 657. The molecule has 1 aromatic carbocycles. The average molecular weight is 346 g/mol. The molecule has 25 heavy (non-hydrogen) atoms. The molecule has 0 heterocycles. The summed E-state index contributed by atoms with van der Waals surface area (Å²) in [6.45, 7) is 3.74. The molecular formula is C19H26N2O4. The highest BCUT2D eigenvalue weighted by molar-refractivity contribution is 5.96. The largest absolute Gasteiger partial charge is 0.481 e. The zero-order chi connectivity index (χ0) is 18.4. The molecule has 0 aromatic heterocycles. The Kier molecular flexibility index (Phi) is 6.56. The summed E-state index contributed by atoms with van der Waals surface area (Å²) in [7, 11) is 0. The number of aryl methyl sites for hydroxylation is 2. The second-order valence-electron chi connectivity index (χ2n) is 6.74. The second-order valence-corrected chi connectivity index (χ2v) is 6.74. The van der Waals surface area contributed by atoms with Gasteiger partial charge >= 0.3 is 5.97 Å². The molecule has 2 rings (SSSR count). The lowest BCUT2D eigenvalue weighted by molar-refractivity contribution is -0.143. The molecule has 0 saturated heterocycles. The molecule has 6 heteroatoms. The molecule has 0 spiro atoms. The molecule has 2 atom stereocenters. The molecule has 1 aliphatic carbocycles. The van der Waals surface area contributed by atoms with E-state index in [4.69, 9.17) is 0 Å². The first kappa shape index (κ1) is 19.0. The van der Waals surface area contributed by atoms with Gasteiger partial charge in [-0.2, -0.15) is 0 Å². The zero-order valence-electron chi connectivity index (χ0n) is 14.8. The summed E-state index contributed by atoms with van der Waals surface area (Å²) in [5.41, 5.74) is 2.62. The van der Waals surface area contributed by atoms with Crippen LogP contribution >= 0.6 is 0 Å². The van der Waals surface area contributed by atoms with Crippen LogP contribution in [0.2, 0.25) is 0 Å². The average Bonchev–Trinajstić information content (AvgIpc) is 2.80. The van der Waals surface area contributed by atoms with Crippen LogP contribution in [0.3, 0.4) is 0 Å². The van der Waals surface area contributed by atoms with Crippen LogP contribution in [0.25, 0.3) is 0 Å². The van der Waals surface area contributed by atoms with Crippen molar-refractivity contribution in [2.45, 2.75) is 52.0 Å². The highest BCUT2D eigenvalue weighted by atomic mass is 16.4. The van der Waals surface area contributed by atoms with E-state index < -0.39 is 11.9 Å². The number of hydrogen-bond acceptors (Lipinski definition) is 3. The van der Waals surface area contributed by atoms with Gasteiger partial charge in [-0.05, 0) is 49.9 Å². The first-order valence-electron chi connectivity index (χ1n) is 8.76. The van der Waals surface area contributed by atoms with Crippen LogP contribution in [0.4, 0.5) is 0 Å². The number of carbonyl (C=O) groups is 3. The predicted octanol–water partition coefficient (Wildman–Crippen LogP) is 2.18. The molecular weight excluding hydrogens is 320 g/mol. The van der Waals surface area contributed by atoms with E-state index in [-0.39, 0.29) is 24.4 Å². The van der Waals surface area contributed by atoms with E-state index in [1.54, 1.807) is 12.1 Å². The van der Waals surface area contributed by atoms with Crippen molar-refractivity contribution in [1.82, 2.24) is 10.6 Å². The van der Waals surface area contributed by atoms with E-state index >= 15 is 0 Å². The standard InChI is InChI=1S/C19H26N2O4/c1-12-8-9-14(10-13(12)2)18(23)20-11-17(22)21-16-7-5-3-4-6-15(16)19(24)25/h8-10,15-16H,3-7,11H2,1-2H3,(H,20,23)(H,21,22)(H,24,25)/t15-,16+/m1/s1. The molecule has 2 amide bonds. The van der Waals surface area contributed by atoms with Gasteiger partial charge in [-0.25, -0.2) is 0 Å². The molecule has 1 aliphatic rings. The van der Waals surface area contributed by atoms with Crippen molar-refractivity contribution in [3.05, 3.63) is 34.9 Å². The number of hydrogen-bond donors (Lipinski definition) is 3. The van der Waals surface area contributed by atoms with Gasteiger partial charge in [-0.1, -0.05) is 25.3 Å². The summed E-state index contributed by atoms with van der Waals surface area (Å²) >= 11 is 0. The Labute approximate surface area is 148 Å². The van der Waals surface area contributed by atoms with Crippen LogP contribution in [0.1, 0.15) is 53.6 Å². The van der Waals surface area contributed by atoms with E-state index in [2.05, 4.69) is 10.6 Å². The minimum absolute atomic E-state index is 0.158. The normalized spacial score (nSPS) is 20.4. The zero-order valence-corrected chi connectivity index (χ0v) is 14.8. The summed E-state index contributed by atoms with van der Waals surface area (Å²) in [6.07, 6.45) is 4.00. The van der Waals surface area contributed by atoms with Gasteiger partial charge in [0, 0.05) is 11.6 Å². The smallest absolute Gasteiger partial charge is 0.308 e. The number of amides is 2. The molecule has 0 radical (unpaired) electrons. The second kappa shape index (κ2) is 8.65. The van der Waals surface area contributed by atoms with E-state index in [1.165, 1.54) is 0 Å². The van der Waals surface area contributed by atoms with Crippen LogP contribution < -0.4 is 10.6 Å². The summed E-state index contributed by atoms with van der Waals surface area (Å²) < 4.78 is 0. The van der Waals surface area contributed by atoms with E-state index in [0.717, 1.165) is 30.4 Å². The molecule has 1 fully saturated rings. The number of aliphatic carboxylic acids is 1. The van der Waals surface area contributed by atoms with Crippen molar-refractivity contribution in [3.63, 3.8) is 0 Å². The molecule has 0 aliphatic heterocycles. The Hall–Kier alpha value is -2.37. The minimum atomic E-state index is -0.869. The van der Waals surface area contributed by atoms with Crippen molar-refractivity contribution < 1.29 is 19.5 Å². The fourth-order valence-corrected chi connectivity index (χ4v) is 3.18. The summed E-state index contributed by atoms with van der Waals surface area (Å²) in [5, 5.41) is 14.7. The molecule has 136 valence electrons. The maximum absolute atomic E-state index is 12.1. The first-order chi connectivity index (χ1) is 11.9. The Morgan fingerprint density at radius 1 is 1.08 bits per heavy atom. The van der Waals surface area contributed by atoms with Gasteiger partial charge in [0.15, 0.2) is 0 Å². The third-order valence-corrected chi connectivity index (χ3v) is 4.86.